The fraction of sp³-hybridized carbons (Fsp3) is 0.923. The van der Waals surface area contributed by atoms with Crippen molar-refractivity contribution < 1.29 is 0 Å². The maximum Gasteiger partial charge on any atom is 0.191 e. The van der Waals surface area contributed by atoms with Gasteiger partial charge in [0.25, 0.3) is 0 Å². The van der Waals surface area contributed by atoms with Crippen molar-refractivity contribution in [2.45, 2.75) is 56.9 Å². The molecule has 3 nitrogen and oxygen atoms in total. The summed E-state index contributed by atoms with van der Waals surface area (Å²) in [5.41, 5.74) is 0. The van der Waals surface area contributed by atoms with Crippen molar-refractivity contribution in [1.29, 1.82) is 0 Å². The zero-order chi connectivity index (χ0) is 12.3. The Balaban J connectivity index is 0.00000162. The number of hydrogen-bond donors (Lipinski definition) is 2. The normalized spacial score (nSPS) is 34.9. The average molecular weight is 383 g/mol. The van der Waals surface area contributed by atoms with E-state index in [-0.39, 0.29) is 24.0 Å². The third kappa shape index (κ3) is 4.79. The first-order chi connectivity index (χ1) is 8.22. The molecule has 0 radical (unpaired) electrons. The van der Waals surface area contributed by atoms with Crippen LogP contribution in [0.4, 0.5) is 0 Å². The molecule has 0 spiro atoms. The molecule has 2 saturated carbocycles. The second-order valence-corrected chi connectivity index (χ2v) is 6.44. The molecule has 0 heterocycles. The van der Waals surface area contributed by atoms with Crippen molar-refractivity contribution in [2.75, 3.05) is 12.8 Å². The highest BCUT2D eigenvalue weighted by Crippen LogP contribution is 2.30. The van der Waals surface area contributed by atoms with Gasteiger partial charge in [-0.15, -0.1) is 24.0 Å². The van der Waals surface area contributed by atoms with E-state index in [4.69, 9.17) is 0 Å². The molecule has 2 aliphatic carbocycles. The summed E-state index contributed by atoms with van der Waals surface area (Å²) in [5.74, 6) is 1.86. The van der Waals surface area contributed by atoms with E-state index in [1.807, 2.05) is 11.8 Å². The van der Waals surface area contributed by atoms with Crippen molar-refractivity contribution in [3.8, 4) is 0 Å². The number of nitrogens with zero attached hydrogens (tertiary/aromatic N) is 1. The van der Waals surface area contributed by atoms with E-state index >= 15 is 0 Å². The molecule has 2 aliphatic rings. The van der Waals surface area contributed by atoms with Gasteiger partial charge in [0.1, 0.15) is 0 Å². The Morgan fingerprint density at radius 3 is 2.50 bits per heavy atom. The molecule has 2 N–H and O–H groups in total. The van der Waals surface area contributed by atoms with Crippen LogP contribution in [0.5, 0.6) is 0 Å². The highest BCUT2D eigenvalue weighted by atomic mass is 127. The second kappa shape index (κ2) is 7.82. The van der Waals surface area contributed by atoms with Gasteiger partial charge >= 0.3 is 0 Å². The Labute approximate surface area is 132 Å². The number of halogens is 1. The summed E-state index contributed by atoms with van der Waals surface area (Å²) in [6.07, 6.45) is 7.43. The highest BCUT2D eigenvalue weighted by molar-refractivity contribution is 14.0. The van der Waals surface area contributed by atoms with Gasteiger partial charge in [0.15, 0.2) is 5.96 Å². The summed E-state index contributed by atoms with van der Waals surface area (Å²) >= 11 is 2.00. The van der Waals surface area contributed by atoms with E-state index in [1.165, 1.54) is 25.7 Å². The Morgan fingerprint density at radius 1 is 1.28 bits per heavy atom. The van der Waals surface area contributed by atoms with Gasteiger partial charge in [0, 0.05) is 23.9 Å². The predicted octanol–water partition coefficient (Wildman–Crippen LogP) is 2.85. The molecule has 5 heteroatoms. The summed E-state index contributed by atoms with van der Waals surface area (Å²) in [6.45, 7) is 5.24. The molecule has 18 heavy (non-hydrogen) atoms. The lowest BCUT2D eigenvalue weighted by atomic mass is 10.2. The van der Waals surface area contributed by atoms with E-state index in [0.717, 1.165) is 23.7 Å². The summed E-state index contributed by atoms with van der Waals surface area (Å²) in [6, 6.07) is 1.28. The fourth-order valence-electron chi connectivity index (χ4n) is 2.47. The van der Waals surface area contributed by atoms with E-state index in [2.05, 4.69) is 35.7 Å². The zero-order valence-electron chi connectivity index (χ0n) is 11.6. The first kappa shape index (κ1) is 16.4. The quantitative estimate of drug-likeness (QED) is 0.445. The molecule has 0 bridgehead atoms. The van der Waals surface area contributed by atoms with Gasteiger partial charge in [-0.25, -0.2) is 0 Å². The van der Waals surface area contributed by atoms with Crippen molar-refractivity contribution in [2.24, 2.45) is 10.9 Å². The summed E-state index contributed by atoms with van der Waals surface area (Å²) in [5, 5.41) is 7.97. The lowest BCUT2D eigenvalue weighted by Crippen LogP contribution is -2.44. The maximum atomic E-state index is 4.54. The van der Waals surface area contributed by atoms with Crippen LogP contribution in [0.25, 0.3) is 0 Å². The van der Waals surface area contributed by atoms with E-state index in [1.54, 1.807) is 0 Å². The molecule has 0 aromatic heterocycles. The highest BCUT2D eigenvalue weighted by Gasteiger charge is 2.34. The minimum Gasteiger partial charge on any atom is -0.354 e. The Hall–Kier alpha value is 0.350. The van der Waals surface area contributed by atoms with Crippen LogP contribution in [0.3, 0.4) is 0 Å². The number of rotatable bonds is 4. The Morgan fingerprint density at radius 2 is 2.00 bits per heavy atom. The van der Waals surface area contributed by atoms with Crippen LogP contribution < -0.4 is 10.6 Å². The smallest absolute Gasteiger partial charge is 0.191 e. The Bertz CT molecular complexity index is 285. The zero-order valence-corrected chi connectivity index (χ0v) is 14.8. The van der Waals surface area contributed by atoms with Gasteiger partial charge in [0.05, 0.1) is 0 Å². The number of hydrogen-bond acceptors (Lipinski definition) is 2. The number of nitrogens with one attached hydrogen (secondary N) is 2. The monoisotopic (exact) mass is 383 g/mol. The van der Waals surface area contributed by atoms with Crippen LogP contribution in [-0.2, 0) is 0 Å². The van der Waals surface area contributed by atoms with Gasteiger partial charge < -0.3 is 10.6 Å². The lowest BCUT2D eigenvalue weighted by molar-refractivity contribution is 0.610. The minimum atomic E-state index is 0. The van der Waals surface area contributed by atoms with Crippen LogP contribution in [0.1, 0.15) is 39.5 Å². The molecule has 0 aromatic carbocycles. The molecule has 0 aromatic rings. The lowest BCUT2D eigenvalue weighted by Gasteiger charge is -2.17. The topological polar surface area (TPSA) is 36.4 Å². The van der Waals surface area contributed by atoms with Gasteiger partial charge in [-0.05, 0) is 44.8 Å². The van der Waals surface area contributed by atoms with E-state index in [0.29, 0.717) is 12.1 Å². The van der Waals surface area contributed by atoms with Crippen molar-refractivity contribution in [1.82, 2.24) is 10.6 Å². The van der Waals surface area contributed by atoms with Crippen LogP contribution >= 0.6 is 35.7 Å². The van der Waals surface area contributed by atoms with E-state index in [9.17, 15) is 0 Å². The van der Waals surface area contributed by atoms with Crippen LogP contribution in [0, 0.1) is 5.92 Å². The minimum absolute atomic E-state index is 0. The molecule has 4 unspecified atom stereocenters. The number of aliphatic imine (C=N–C) groups is 1. The standard InChI is InChI=1S/C13H25N3S.HI/c1-4-14-13(16-12-7-9(12)2)15-10-5-6-11(8-10)17-3;/h9-12H,4-8H2,1-3H3,(H2,14,15,16);1H. The van der Waals surface area contributed by atoms with Crippen LogP contribution in [-0.4, -0.2) is 36.1 Å². The van der Waals surface area contributed by atoms with Crippen LogP contribution in [0.2, 0.25) is 0 Å². The molecular weight excluding hydrogens is 357 g/mol. The number of guanidine groups is 1. The molecule has 0 saturated heterocycles. The Kier molecular flexibility index (Phi) is 7.13. The van der Waals surface area contributed by atoms with Gasteiger partial charge in [-0.2, -0.15) is 11.8 Å². The predicted molar refractivity (Wildman–Crippen MR) is 92.2 cm³/mol. The van der Waals surface area contributed by atoms with Crippen molar-refractivity contribution in [3.05, 3.63) is 0 Å². The molecule has 106 valence electrons. The SMILES string of the molecule is CCN=C(NC1CCC(SC)C1)NC1CC1C.I. The molecule has 4 atom stereocenters. The summed E-state index contributed by atoms with van der Waals surface area (Å²) < 4.78 is 0. The molecule has 2 rings (SSSR count). The second-order valence-electron chi connectivity index (χ2n) is 5.30. The summed E-state index contributed by atoms with van der Waals surface area (Å²) in [7, 11) is 0. The van der Waals surface area contributed by atoms with Gasteiger partial charge in [-0.1, -0.05) is 6.92 Å². The van der Waals surface area contributed by atoms with Crippen LogP contribution in [0.15, 0.2) is 4.99 Å². The molecule has 2 fully saturated rings. The summed E-state index contributed by atoms with van der Waals surface area (Å²) in [4.78, 5) is 4.54. The molecule has 0 amide bonds. The first-order valence-corrected chi connectivity index (χ1v) is 8.12. The van der Waals surface area contributed by atoms with Gasteiger partial charge in [0.2, 0.25) is 0 Å². The largest absolute Gasteiger partial charge is 0.354 e. The number of thioether (sulfide) groups is 1. The van der Waals surface area contributed by atoms with Crippen molar-refractivity contribution >= 4 is 41.7 Å². The van der Waals surface area contributed by atoms with E-state index < -0.39 is 0 Å². The van der Waals surface area contributed by atoms with Gasteiger partial charge in [-0.3, -0.25) is 4.99 Å². The van der Waals surface area contributed by atoms with Crippen molar-refractivity contribution in [3.63, 3.8) is 0 Å². The average Bonchev–Trinajstić information content (AvgIpc) is 2.81. The third-order valence-corrected chi connectivity index (χ3v) is 4.90. The first-order valence-electron chi connectivity index (χ1n) is 6.83. The molecular formula is C13H26IN3S. The molecule has 0 aliphatic heterocycles. The maximum absolute atomic E-state index is 4.54. The third-order valence-electron chi connectivity index (χ3n) is 3.81. The fourth-order valence-corrected chi connectivity index (χ4v) is 3.27.